The fourth-order valence-electron chi connectivity index (χ4n) is 1.41. The lowest BCUT2D eigenvalue weighted by atomic mass is 10.3. The van der Waals surface area contributed by atoms with E-state index in [2.05, 4.69) is 20.4 Å². The minimum Gasteiger partial charge on any atom is -0.354 e. The minimum absolute atomic E-state index is 0.412. The average molecular weight is 250 g/mol. The standard InChI is InChI=1S/C10H14N6S/c1-7-8(17-6-13-7)5-16(2)9-3-4-12-10(14-9)15-11/h3-4,6H,5,11H2,1-2H3,(H,12,14,15). The number of hydrogen-bond acceptors (Lipinski definition) is 7. The summed E-state index contributed by atoms with van der Waals surface area (Å²) in [5, 5.41) is 0. The molecule has 0 aliphatic heterocycles. The Hall–Kier alpha value is -1.73. The SMILES string of the molecule is Cc1ncsc1CN(C)c1ccnc(NN)n1. The fraction of sp³-hybridized carbons (Fsp3) is 0.300. The molecule has 0 bridgehead atoms. The third-order valence-electron chi connectivity index (χ3n) is 2.39. The Labute approximate surface area is 104 Å². The fourth-order valence-corrected chi connectivity index (χ4v) is 2.24. The van der Waals surface area contributed by atoms with E-state index in [9.17, 15) is 0 Å². The van der Waals surface area contributed by atoms with Gasteiger partial charge < -0.3 is 4.90 Å². The van der Waals surface area contributed by atoms with Gasteiger partial charge in [0.25, 0.3) is 0 Å². The molecule has 7 heteroatoms. The van der Waals surface area contributed by atoms with Crippen LogP contribution in [0, 0.1) is 6.92 Å². The first-order valence-electron chi connectivity index (χ1n) is 5.10. The quantitative estimate of drug-likeness (QED) is 0.626. The normalized spacial score (nSPS) is 10.3. The van der Waals surface area contributed by atoms with Crippen molar-refractivity contribution in [1.82, 2.24) is 15.0 Å². The number of rotatable bonds is 4. The van der Waals surface area contributed by atoms with Crippen LogP contribution in [0.3, 0.4) is 0 Å². The van der Waals surface area contributed by atoms with Gasteiger partial charge in [0.2, 0.25) is 5.95 Å². The molecule has 3 N–H and O–H groups in total. The molecule has 0 saturated heterocycles. The van der Waals surface area contributed by atoms with Gasteiger partial charge in [-0.2, -0.15) is 4.98 Å². The van der Waals surface area contributed by atoms with Gasteiger partial charge in [0, 0.05) is 18.1 Å². The van der Waals surface area contributed by atoms with Gasteiger partial charge >= 0.3 is 0 Å². The number of hydrogen-bond donors (Lipinski definition) is 2. The van der Waals surface area contributed by atoms with Crippen LogP contribution in [-0.4, -0.2) is 22.0 Å². The van der Waals surface area contributed by atoms with E-state index in [1.807, 2.05) is 30.4 Å². The maximum atomic E-state index is 5.28. The first-order valence-corrected chi connectivity index (χ1v) is 5.98. The van der Waals surface area contributed by atoms with Crippen molar-refractivity contribution in [2.24, 2.45) is 5.84 Å². The van der Waals surface area contributed by atoms with Gasteiger partial charge in [-0.25, -0.2) is 15.8 Å². The zero-order valence-corrected chi connectivity index (χ0v) is 10.5. The molecule has 0 amide bonds. The Bertz CT molecular complexity index is 497. The Kier molecular flexibility index (Phi) is 3.50. The maximum absolute atomic E-state index is 5.28. The summed E-state index contributed by atoms with van der Waals surface area (Å²) in [5.74, 6) is 6.51. The zero-order chi connectivity index (χ0) is 12.3. The van der Waals surface area contributed by atoms with Crippen LogP contribution in [0.5, 0.6) is 0 Å². The molecule has 0 aliphatic rings. The summed E-state index contributed by atoms with van der Waals surface area (Å²) < 4.78 is 0. The second-order valence-corrected chi connectivity index (χ2v) is 4.54. The Morgan fingerprint density at radius 2 is 2.29 bits per heavy atom. The third-order valence-corrected chi connectivity index (χ3v) is 3.31. The predicted molar refractivity (Wildman–Crippen MR) is 68.8 cm³/mol. The molecule has 0 spiro atoms. The number of nitrogen functional groups attached to an aromatic ring is 1. The summed E-state index contributed by atoms with van der Waals surface area (Å²) in [6.07, 6.45) is 1.67. The topological polar surface area (TPSA) is 80.0 Å². The first-order chi connectivity index (χ1) is 8.20. The zero-order valence-electron chi connectivity index (χ0n) is 9.71. The number of anilines is 2. The van der Waals surface area contributed by atoms with Crippen LogP contribution >= 0.6 is 11.3 Å². The van der Waals surface area contributed by atoms with Crippen molar-refractivity contribution >= 4 is 23.1 Å². The number of aryl methyl sites for hydroxylation is 1. The van der Waals surface area contributed by atoms with Gasteiger partial charge in [0.05, 0.1) is 17.7 Å². The number of nitrogens with two attached hydrogens (primary N) is 1. The summed E-state index contributed by atoms with van der Waals surface area (Å²) in [6.45, 7) is 2.78. The van der Waals surface area contributed by atoms with Crippen molar-refractivity contribution in [3.05, 3.63) is 28.3 Å². The van der Waals surface area contributed by atoms with Crippen molar-refractivity contribution in [2.75, 3.05) is 17.4 Å². The third kappa shape index (κ3) is 2.69. The van der Waals surface area contributed by atoms with E-state index in [0.717, 1.165) is 18.1 Å². The van der Waals surface area contributed by atoms with Crippen molar-refractivity contribution in [3.63, 3.8) is 0 Å². The molecular weight excluding hydrogens is 236 g/mol. The van der Waals surface area contributed by atoms with E-state index < -0.39 is 0 Å². The molecule has 2 heterocycles. The van der Waals surface area contributed by atoms with Crippen molar-refractivity contribution < 1.29 is 0 Å². The summed E-state index contributed by atoms with van der Waals surface area (Å²) in [5.41, 5.74) is 5.35. The van der Waals surface area contributed by atoms with Gasteiger partial charge in [0.15, 0.2) is 0 Å². The molecule has 0 radical (unpaired) electrons. The maximum Gasteiger partial charge on any atom is 0.239 e. The molecule has 17 heavy (non-hydrogen) atoms. The molecule has 0 aliphatic carbocycles. The Balaban J connectivity index is 2.14. The van der Waals surface area contributed by atoms with Crippen LogP contribution in [-0.2, 0) is 6.54 Å². The van der Waals surface area contributed by atoms with Crippen LogP contribution in [0.15, 0.2) is 17.8 Å². The average Bonchev–Trinajstić information content (AvgIpc) is 2.75. The van der Waals surface area contributed by atoms with Crippen LogP contribution < -0.4 is 16.2 Å². The van der Waals surface area contributed by atoms with E-state index in [-0.39, 0.29) is 0 Å². The van der Waals surface area contributed by atoms with E-state index in [1.165, 1.54) is 4.88 Å². The van der Waals surface area contributed by atoms with Gasteiger partial charge in [0.1, 0.15) is 5.82 Å². The summed E-state index contributed by atoms with van der Waals surface area (Å²) in [4.78, 5) is 15.7. The first kappa shape index (κ1) is 11.7. The number of hydrazine groups is 1. The second kappa shape index (κ2) is 5.07. The molecule has 0 atom stereocenters. The molecule has 2 rings (SSSR count). The molecule has 0 fully saturated rings. The van der Waals surface area contributed by atoms with Crippen molar-refractivity contribution in [3.8, 4) is 0 Å². The lowest BCUT2D eigenvalue weighted by Gasteiger charge is -2.17. The summed E-state index contributed by atoms with van der Waals surface area (Å²) >= 11 is 1.65. The van der Waals surface area contributed by atoms with Gasteiger partial charge in [-0.1, -0.05) is 0 Å². The van der Waals surface area contributed by atoms with Gasteiger partial charge in [-0.15, -0.1) is 11.3 Å². The molecular formula is C10H14N6S. The summed E-state index contributed by atoms with van der Waals surface area (Å²) in [7, 11) is 1.97. The molecule has 0 unspecified atom stereocenters. The highest BCUT2D eigenvalue weighted by atomic mass is 32.1. The number of thiazole rings is 1. The lowest BCUT2D eigenvalue weighted by Crippen LogP contribution is -2.19. The van der Waals surface area contributed by atoms with Crippen LogP contribution in [0.4, 0.5) is 11.8 Å². The van der Waals surface area contributed by atoms with Crippen molar-refractivity contribution in [2.45, 2.75) is 13.5 Å². The second-order valence-electron chi connectivity index (χ2n) is 3.60. The van der Waals surface area contributed by atoms with E-state index in [1.54, 1.807) is 17.5 Å². The van der Waals surface area contributed by atoms with Crippen LogP contribution in [0.2, 0.25) is 0 Å². The Morgan fingerprint density at radius 3 is 2.94 bits per heavy atom. The lowest BCUT2D eigenvalue weighted by molar-refractivity contribution is 0.894. The molecule has 0 saturated carbocycles. The van der Waals surface area contributed by atoms with E-state index in [4.69, 9.17) is 5.84 Å². The monoisotopic (exact) mass is 250 g/mol. The largest absolute Gasteiger partial charge is 0.354 e. The Morgan fingerprint density at radius 1 is 1.47 bits per heavy atom. The highest BCUT2D eigenvalue weighted by molar-refractivity contribution is 7.09. The predicted octanol–water partition coefficient (Wildman–Crippen LogP) is 1.16. The van der Waals surface area contributed by atoms with Crippen LogP contribution in [0.1, 0.15) is 10.6 Å². The van der Waals surface area contributed by atoms with E-state index in [0.29, 0.717) is 5.95 Å². The van der Waals surface area contributed by atoms with E-state index >= 15 is 0 Å². The molecule has 0 aromatic carbocycles. The smallest absolute Gasteiger partial charge is 0.239 e. The van der Waals surface area contributed by atoms with Crippen molar-refractivity contribution in [1.29, 1.82) is 0 Å². The highest BCUT2D eigenvalue weighted by Crippen LogP contribution is 2.18. The summed E-state index contributed by atoms with van der Waals surface area (Å²) in [6, 6.07) is 1.84. The number of nitrogens with one attached hydrogen (secondary N) is 1. The number of nitrogens with zero attached hydrogens (tertiary/aromatic N) is 4. The van der Waals surface area contributed by atoms with Gasteiger partial charge in [-0.05, 0) is 13.0 Å². The van der Waals surface area contributed by atoms with Gasteiger partial charge in [-0.3, -0.25) is 5.43 Å². The minimum atomic E-state index is 0.412. The van der Waals surface area contributed by atoms with Crippen LogP contribution in [0.25, 0.3) is 0 Å². The highest BCUT2D eigenvalue weighted by Gasteiger charge is 2.08. The molecule has 6 nitrogen and oxygen atoms in total. The molecule has 90 valence electrons. The number of aromatic nitrogens is 3. The molecule has 2 aromatic rings. The molecule has 2 aromatic heterocycles.